The lowest BCUT2D eigenvalue weighted by Crippen LogP contribution is -2.06. The molecule has 2 heterocycles. The maximum atomic E-state index is 5.83. The summed E-state index contributed by atoms with van der Waals surface area (Å²) in [5.41, 5.74) is 8.07. The minimum atomic E-state index is -0.0806. The minimum absolute atomic E-state index is 0.0806. The first kappa shape index (κ1) is 8.96. The monoisotopic (exact) mass is 192 g/mol. The van der Waals surface area contributed by atoms with Gasteiger partial charge in [0.15, 0.2) is 5.65 Å². The van der Waals surface area contributed by atoms with Gasteiger partial charge >= 0.3 is 0 Å². The molecule has 5 heteroatoms. The van der Waals surface area contributed by atoms with Crippen LogP contribution in [0, 0.1) is 0 Å². The van der Waals surface area contributed by atoms with Crippen LogP contribution in [0.2, 0.25) is 0 Å². The number of nitrogen functional groups attached to an aromatic ring is 1. The molecule has 2 aromatic heterocycles. The van der Waals surface area contributed by atoms with Crippen LogP contribution >= 0.6 is 0 Å². The molecule has 0 saturated heterocycles. The third-order valence-corrected chi connectivity index (χ3v) is 2.25. The van der Waals surface area contributed by atoms with Crippen LogP contribution in [-0.4, -0.2) is 21.7 Å². The Labute approximate surface area is 81.5 Å². The van der Waals surface area contributed by atoms with E-state index in [1.54, 1.807) is 30.2 Å². The van der Waals surface area contributed by atoms with Gasteiger partial charge in [-0.05, 0) is 6.92 Å². The van der Waals surface area contributed by atoms with Crippen molar-refractivity contribution in [2.45, 2.75) is 13.0 Å². The van der Waals surface area contributed by atoms with Crippen molar-refractivity contribution < 1.29 is 4.74 Å². The Kier molecular flexibility index (Phi) is 2.09. The molecule has 0 bridgehead atoms. The predicted octanol–water partition coefficient (Wildman–Crippen LogP) is 1.02. The third kappa shape index (κ3) is 1.22. The fraction of sp³-hybridized carbons (Fsp3) is 0.333. The van der Waals surface area contributed by atoms with E-state index in [0.29, 0.717) is 5.69 Å². The number of ether oxygens (including phenoxy) is 1. The van der Waals surface area contributed by atoms with Gasteiger partial charge in [-0.1, -0.05) is 0 Å². The first-order valence-electron chi connectivity index (χ1n) is 4.34. The first-order valence-corrected chi connectivity index (χ1v) is 4.34. The lowest BCUT2D eigenvalue weighted by atomic mass is 10.1. The SMILES string of the molecule is COC(C)c1c(N)cnn2ccnc12. The Morgan fingerprint density at radius 3 is 3.07 bits per heavy atom. The van der Waals surface area contributed by atoms with Crippen molar-refractivity contribution in [2.24, 2.45) is 0 Å². The highest BCUT2D eigenvalue weighted by molar-refractivity contribution is 5.61. The number of aromatic nitrogens is 3. The van der Waals surface area contributed by atoms with Crippen molar-refractivity contribution in [3.8, 4) is 0 Å². The second kappa shape index (κ2) is 3.26. The topological polar surface area (TPSA) is 65.4 Å². The van der Waals surface area contributed by atoms with Gasteiger partial charge in [0, 0.05) is 25.1 Å². The number of nitrogens with zero attached hydrogens (tertiary/aromatic N) is 3. The summed E-state index contributed by atoms with van der Waals surface area (Å²) in [5, 5.41) is 4.09. The van der Waals surface area contributed by atoms with Gasteiger partial charge in [-0.2, -0.15) is 5.10 Å². The largest absolute Gasteiger partial charge is 0.397 e. The number of imidazole rings is 1. The molecule has 0 saturated carbocycles. The van der Waals surface area contributed by atoms with Crippen LogP contribution in [0.3, 0.4) is 0 Å². The summed E-state index contributed by atoms with van der Waals surface area (Å²) in [4.78, 5) is 4.19. The number of hydrogen-bond donors (Lipinski definition) is 1. The predicted molar refractivity (Wildman–Crippen MR) is 52.8 cm³/mol. The maximum absolute atomic E-state index is 5.83. The molecule has 2 N–H and O–H groups in total. The van der Waals surface area contributed by atoms with Gasteiger partial charge in [-0.25, -0.2) is 9.50 Å². The molecule has 1 atom stereocenters. The molecule has 0 fully saturated rings. The molecule has 0 spiro atoms. The first-order chi connectivity index (χ1) is 6.74. The number of hydrogen-bond acceptors (Lipinski definition) is 4. The van der Waals surface area contributed by atoms with Crippen LogP contribution in [0.1, 0.15) is 18.6 Å². The van der Waals surface area contributed by atoms with Crippen molar-refractivity contribution >= 4 is 11.3 Å². The van der Waals surface area contributed by atoms with E-state index in [9.17, 15) is 0 Å². The number of anilines is 1. The number of rotatable bonds is 2. The second-order valence-corrected chi connectivity index (χ2v) is 3.09. The maximum Gasteiger partial charge on any atom is 0.161 e. The third-order valence-electron chi connectivity index (χ3n) is 2.25. The van der Waals surface area contributed by atoms with Gasteiger partial charge < -0.3 is 10.5 Å². The summed E-state index contributed by atoms with van der Waals surface area (Å²) in [5.74, 6) is 0. The molecule has 0 aliphatic rings. The molecule has 0 amide bonds. The number of methoxy groups -OCH3 is 1. The van der Waals surface area contributed by atoms with Crippen molar-refractivity contribution in [1.82, 2.24) is 14.6 Å². The highest BCUT2D eigenvalue weighted by atomic mass is 16.5. The van der Waals surface area contributed by atoms with Crippen molar-refractivity contribution in [3.63, 3.8) is 0 Å². The van der Waals surface area contributed by atoms with Crippen molar-refractivity contribution in [3.05, 3.63) is 24.2 Å². The van der Waals surface area contributed by atoms with Gasteiger partial charge in [-0.15, -0.1) is 0 Å². The van der Waals surface area contributed by atoms with Gasteiger partial charge in [0.05, 0.1) is 18.0 Å². The molecule has 14 heavy (non-hydrogen) atoms. The Bertz CT molecular complexity index is 451. The van der Waals surface area contributed by atoms with Gasteiger partial charge in [-0.3, -0.25) is 0 Å². The summed E-state index contributed by atoms with van der Waals surface area (Å²) in [6.45, 7) is 1.93. The average molecular weight is 192 g/mol. The molecular weight excluding hydrogens is 180 g/mol. The number of fused-ring (bicyclic) bond motifs is 1. The zero-order valence-corrected chi connectivity index (χ0v) is 8.14. The van der Waals surface area contributed by atoms with Crippen molar-refractivity contribution in [1.29, 1.82) is 0 Å². The van der Waals surface area contributed by atoms with Gasteiger partial charge in [0.1, 0.15) is 0 Å². The van der Waals surface area contributed by atoms with E-state index < -0.39 is 0 Å². The van der Waals surface area contributed by atoms with E-state index in [1.807, 2.05) is 6.92 Å². The van der Waals surface area contributed by atoms with Crippen LogP contribution in [0.5, 0.6) is 0 Å². The highest BCUT2D eigenvalue weighted by Crippen LogP contribution is 2.25. The Morgan fingerprint density at radius 2 is 2.36 bits per heavy atom. The summed E-state index contributed by atoms with van der Waals surface area (Å²) in [6, 6.07) is 0. The Morgan fingerprint density at radius 1 is 1.57 bits per heavy atom. The lowest BCUT2D eigenvalue weighted by Gasteiger charge is -2.12. The zero-order chi connectivity index (χ0) is 10.1. The van der Waals surface area contributed by atoms with Crippen LogP contribution in [0.15, 0.2) is 18.6 Å². The standard InChI is InChI=1S/C9H12N4O/c1-6(14-2)8-7(10)5-12-13-4-3-11-9(8)13/h3-6H,10H2,1-2H3. The van der Waals surface area contributed by atoms with E-state index in [1.165, 1.54) is 0 Å². The summed E-state index contributed by atoms with van der Waals surface area (Å²) in [7, 11) is 1.64. The summed E-state index contributed by atoms with van der Waals surface area (Å²) >= 11 is 0. The van der Waals surface area contributed by atoms with E-state index in [2.05, 4.69) is 10.1 Å². The van der Waals surface area contributed by atoms with Crippen LogP contribution in [0.4, 0.5) is 5.69 Å². The minimum Gasteiger partial charge on any atom is -0.397 e. The fourth-order valence-corrected chi connectivity index (χ4v) is 1.44. The summed E-state index contributed by atoms with van der Waals surface area (Å²) < 4.78 is 6.92. The Balaban J connectivity index is 2.70. The van der Waals surface area contributed by atoms with E-state index >= 15 is 0 Å². The van der Waals surface area contributed by atoms with Crippen LogP contribution in [0.25, 0.3) is 5.65 Å². The molecule has 5 nitrogen and oxygen atoms in total. The van der Waals surface area contributed by atoms with E-state index in [0.717, 1.165) is 11.2 Å². The average Bonchev–Trinajstić information content (AvgIpc) is 2.64. The normalized spacial score (nSPS) is 13.3. The molecule has 74 valence electrons. The van der Waals surface area contributed by atoms with Gasteiger partial charge in [0.25, 0.3) is 0 Å². The van der Waals surface area contributed by atoms with Crippen LogP contribution < -0.4 is 5.73 Å². The molecule has 0 aliphatic heterocycles. The fourth-order valence-electron chi connectivity index (χ4n) is 1.44. The molecule has 1 unspecified atom stereocenters. The second-order valence-electron chi connectivity index (χ2n) is 3.09. The highest BCUT2D eigenvalue weighted by Gasteiger charge is 2.14. The van der Waals surface area contributed by atoms with Crippen LogP contribution in [-0.2, 0) is 4.74 Å². The zero-order valence-electron chi connectivity index (χ0n) is 8.14. The molecule has 2 aromatic rings. The smallest absolute Gasteiger partial charge is 0.161 e. The summed E-state index contributed by atoms with van der Waals surface area (Å²) in [6.07, 6.45) is 5.00. The van der Waals surface area contributed by atoms with E-state index in [-0.39, 0.29) is 6.10 Å². The number of nitrogens with two attached hydrogens (primary N) is 1. The van der Waals surface area contributed by atoms with Crippen molar-refractivity contribution in [2.75, 3.05) is 12.8 Å². The molecule has 0 aromatic carbocycles. The molecule has 0 aliphatic carbocycles. The molecule has 0 radical (unpaired) electrons. The Hall–Kier alpha value is -1.62. The quantitative estimate of drug-likeness (QED) is 0.771. The van der Waals surface area contributed by atoms with Gasteiger partial charge in [0.2, 0.25) is 0 Å². The lowest BCUT2D eigenvalue weighted by molar-refractivity contribution is 0.121. The molecular formula is C9H12N4O. The van der Waals surface area contributed by atoms with E-state index in [4.69, 9.17) is 10.5 Å². The molecule has 2 rings (SSSR count).